The van der Waals surface area contributed by atoms with Crippen LogP contribution in [0.15, 0.2) is 71.8 Å². The molecule has 7 nitrogen and oxygen atoms in total. The summed E-state index contributed by atoms with van der Waals surface area (Å²) in [7, 11) is 0. The van der Waals surface area contributed by atoms with Crippen molar-refractivity contribution in [1.82, 2.24) is 0 Å². The van der Waals surface area contributed by atoms with Crippen LogP contribution < -0.4 is 15.7 Å². The monoisotopic (exact) mass is 363 g/mol. The van der Waals surface area contributed by atoms with E-state index in [1.807, 2.05) is 0 Å². The Hall–Kier alpha value is -3.87. The van der Waals surface area contributed by atoms with Gasteiger partial charge in [-0.1, -0.05) is 30.3 Å². The zero-order chi connectivity index (χ0) is 19.4. The van der Waals surface area contributed by atoms with Crippen LogP contribution in [0, 0.1) is 0 Å². The maximum atomic E-state index is 12.4. The molecule has 136 valence electrons. The summed E-state index contributed by atoms with van der Waals surface area (Å²) >= 11 is 0. The molecule has 3 rings (SSSR count). The van der Waals surface area contributed by atoms with Gasteiger partial charge in [-0.25, -0.2) is 0 Å². The Morgan fingerprint density at radius 1 is 1.00 bits per heavy atom. The number of benzene rings is 2. The number of amides is 1. The summed E-state index contributed by atoms with van der Waals surface area (Å²) in [5, 5.41) is 16.8. The van der Waals surface area contributed by atoms with Gasteiger partial charge in [0.2, 0.25) is 17.6 Å². The quantitative estimate of drug-likeness (QED) is 0.618. The van der Waals surface area contributed by atoms with Crippen molar-refractivity contribution in [1.29, 1.82) is 0 Å². The van der Waals surface area contributed by atoms with Gasteiger partial charge < -0.3 is 25.3 Å². The van der Waals surface area contributed by atoms with Crippen molar-refractivity contribution in [3.63, 3.8) is 0 Å². The third kappa shape index (κ3) is 4.21. The summed E-state index contributed by atoms with van der Waals surface area (Å²) in [6.07, 6.45) is 1.42. The number of carbonyl (C=O) groups excluding carboxylic acids is 3. The lowest BCUT2D eigenvalue weighted by molar-refractivity contribution is -0.298. The van der Waals surface area contributed by atoms with E-state index >= 15 is 0 Å². The standard InChI is InChI=1S/C20H16N2O5/c1-12(23)21-15-9-7-13(8-10-15)11-16-18(24)17(20(25)26)19(27-16)22-14-5-3-2-4-6-14/h2-11,22H,1H3,(H,21,23)(H,25,26)/p-1/b16-11-. The Balaban J connectivity index is 1.84. The highest BCUT2D eigenvalue weighted by atomic mass is 16.5. The number of carboxylic acid groups (broad SMARTS) is 1. The SMILES string of the molecule is CC(=O)Nc1ccc(/C=C2\OC(Nc3ccccc3)=C(C(=O)[O-])C2=O)cc1. The number of carbonyl (C=O) groups is 3. The third-order valence-corrected chi connectivity index (χ3v) is 3.65. The smallest absolute Gasteiger partial charge is 0.235 e. The van der Waals surface area contributed by atoms with Gasteiger partial charge >= 0.3 is 0 Å². The summed E-state index contributed by atoms with van der Waals surface area (Å²) < 4.78 is 5.44. The Morgan fingerprint density at radius 2 is 1.67 bits per heavy atom. The maximum Gasteiger partial charge on any atom is 0.235 e. The van der Waals surface area contributed by atoms with E-state index in [4.69, 9.17) is 4.74 Å². The average Bonchev–Trinajstić information content (AvgIpc) is 2.92. The van der Waals surface area contributed by atoms with Crippen molar-refractivity contribution in [2.24, 2.45) is 0 Å². The van der Waals surface area contributed by atoms with Crippen LogP contribution in [0.1, 0.15) is 12.5 Å². The summed E-state index contributed by atoms with van der Waals surface area (Å²) in [6, 6.07) is 15.4. The number of aliphatic carboxylic acids is 1. The Morgan fingerprint density at radius 3 is 2.26 bits per heavy atom. The zero-order valence-electron chi connectivity index (χ0n) is 14.3. The number of para-hydroxylation sites is 1. The van der Waals surface area contributed by atoms with Gasteiger partial charge in [-0.2, -0.15) is 0 Å². The van der Waals surface area contributed by atoms with Crippen LogP contribution in [0.5, 0.6) is 0 Å². The number of anilines is 2. The molecule has 0 atom stereocenters. The van der Waals surface area contributed by atoms with Crippen molar-refractivity contribution >= 4 is 35.1 Å². The molecule has 0 radical (unpaired) electrons. The molecule has 2 aromatic carbocycles. The van der Waals surface area contributed by atoms with Crippen LogP contribution >= 0.6 is 0 Å². The Labute approximate surface area is 155 Å². The van der Waals surface area contributed by atoms with Crippen LogP contribution in [0.25, 0.3) is 6.08 Å². The highest BCUT2D eigenvalue weighted by molar-refractivity contribution is 6.25. The van der Waals surface area contributed by atoms with E-state index in [0.717, 1.165) is 0 Å². The normalized spacial score (nSPS) is 14.9. The summed E-state index contributed by atoms with van der Waals surface area (Å²) in [4.78, 5) is 34.8. The lowest BCUT2D eigenvalue weighted by atomic mass is 10.1. The molecule has 7 heteroatoms. The third-order valence-electron chi connectivity index (χ3n) is 3.65. The first-order chi connectivity index (χ1) is 12.9. The Kier molecular flexibility index (Phi) is 5.03. The van der Waals surface area contributed by atoms with Gasteiger partial charge in [-0.15, -0.1) is 0 Å². The minimum atomic E-state index is -1.62. The molecule has 1 heterocycles. The zero-order valence-corrected chi connectivity index (χ0v) is 14.3. The molecule has 0 aliphatic carbocycles. The molecule has 2 N–H and O–H groups in total. The lowest BCUT2D eigenvalue weighted by Crippen LogP contribution is -2.28. The van der Waals surface area contributed by atoms with Crippen molar-refractivity contribution in [2.75, 3.05) is 10.6 Å². The predicted molar refractivity (Wildman–Crippen MR) is 96.9 cm³/mol. The maximum absolute atomic E-state index is 12.4. The van der Waals surface area contributed by atoms with Gasteiger partial charge in [-0.05, 0) is 35.9 Å². The summed E-state index contributed by atoms with van der Waals surface area (Å²) in [5.41, 5.74) is 1.20. The van der Waals surface area contributed by atoms with Crippen LogP contribution in [-0.4, -0.2) is 17.7 Å². The van der Waals surface area contributed by atoms with Crippen LogP contribution in [0.4, 0.5) is 11.4 Å². The summed E-state index contributed by atoms with van der Waals surface area (Å²) in [5.74, 6) is -2.93. The number of nitrogens with one attached hydrogen (secondary N) is 2. The number of hydrogen-bond donors (Lipinski definition) is 2. The number of allylic oxidation sites excluding steroid dienone is 1. The van der Waals surface area contributed by atoms with Gasteiger partial charge in [0.15, 0.2) is 5.76 Å². The molecule has 0 saturated carbocycles. The number of ketones is 1. The molecule has 1 aliphatic rings. The highest BCUT2D eigenvalue weighted by Crippen LogP contribution is 2.27. The second kappa shape index (κ2) is 7.57. The van der Waals surface area contributed by atoms with Crippen LogP contribution in [0.2, 0.25) is 0 Å². The first-order valence-electron chi connectivity index (χ1n) is 8.03. The van der Waals surface area contributed by atoms with E-state index in [-0.39, 0.29) is 17.5 Å². The molecule has 0 aromatic heterocycles. The fourth-order valence-corrected chi connectivity index (χ4v) is 2.47. The number of hydrogen-bond acceptors (Lipinski definition) is 6. The fraction of sp³-hybridized carbons (Fsp3) is 0.0500. The largest absolute Gasteiger partial charge is 0.544 e. The molecule has 0 unspecified atom stereocenters. The second-order valence-corrected chi connectivity index (χ2v) is 5.73. The molecular weight excluding hydrogens is 348 g/mol. The number of rotatable bonds is 5. The van der Waals surface area contributed by atoms with Crippen LogP contribution in [0.3, 0.4) is 0 Å². The molecule has 2 aromatic rings. The first-order valence-corrected chi connectivity index (χ1v) is 8.03. The summed E-state index contributed by atoms with van der Waals surface area (Å²) in [6.45, 7) is 1.40. The average molecular weight is 363 g/mol. The van der Waals surface area contributed by atoms with Crippen molar-refractivity contribution < 1.29 is 24.2 Å². The van der Waals surface area contributed by atoms with E-state index < -0.39 is 17.3 Å². The fourth-order valence-electron chi connectivity index (χ4n) is 2.47. The number of Topliss-reactive ketones (excluding diaryl/α,β-unsaturated/α-hetero) is 1. The molecule has 1 aliphatic heterocycles. The molecule has 0 saturated heterocycles. The minimum absolute atomic E-state index is 0.139. The van der Waals surface area contributed by atoms with Crippen molar-refractivity contribution in [2.45, 2.75) is 6.92 Å². The van der Waals surface area contributed by atoms with E-state index in [2.05, 4.69) is 10.6 Å². The van der Waals surface area contributed by atoms with Gasteiger partial charge in [0.25, 0.3) is 0 Å². The molecular formula is C20H15N2O5-. The molecule has 0 bridgehead atoms. The highest BCUT2D eigenvalue weighted by Gasteiger charge is 2.31. The van der Waals surface area contributed by atoms with E-state index in [1.165, 1.54) is 13.0 Å². The van der Waals surface area contributed by atoms with Crippen LogP contribution in [-0.2, 0) is 19.1 Å². The molecule has 0 fully saturated rings. The number of ether oxygens (including phenoxy) is 1. The van der Waals surface area contributed by atoms with Crippen molar-refractivity contribution in [3.05, 3.63) is 77.4 Å². The molecule has 0 spiro atoms. The van der Waals surface area contributed by atoms with Gasteiger partial charge in [-0.3, -0.25) is 9.59 Å². The van der Waals surface area contributed by atoms with Gasteiger partial charge in [0.1, 0.15) is 5.57 Å². The van der Waals surface area contributed by atoms with E-state index in [9.17, 15) is 19.5 Å². The van der Waals surface area contributed by atoms with Gasteiger partial charge in [0.05, 0.1) is 5.97 Å². The first kappa shape index (κ1) is 17.9. The molecule has 1 amide bonds. The van der Waals surface area contributed by atoms with Crippen molar-refractivity contribution in [3.8, 4) is 0 Å². The minimum Gasteiger partial charge on any atom is -0.544 e. The molecule has 27 heavy (non-hydrogen) atoms. The predicted octanol–water partition coefficient (Wildman–Crippen LogP) is 1.66. The van der Waals surface area contributed by atoms with E-state index in [1.54, 1.807) is 54.6 Å². The Bertz CT molecular complexity index is 960. The van der Waals surface area contributed by atoms with Gasteiger partial charge in [0, 0.05) is 18.3 Å². The second-order valence-electron chi connectivity index (χ2n) is 5.73. The number of carboxylic acids is 1. The lowest BCUT2D eigenvalue weighted by Gasteiger charge is -2.09. The topological polar surface area (TPSA) is 108 Å². The van der Waals surface area contributed by atoms with E-state index in [0.29, 0.717) is 16.9 Å².